The van der Waals surface area contributed by atoms with Crippen LogP contribution in [0.5, 0.6) is 11.6 Å². The zero-order valence-electron chi connectivity index (χ0n) is 30.7. The summed E-state index contributed by atoms with van der Waals surface area (Å²) in [6.45, 7) is 6.37. The molecule has 3 amide bonds. The SMILES string of the molecule is COc1nc(N2CCN(CCCCOc3ccc(C4CCN(c5ccc(C#N)c(C(F)(F)F)c5)CC4)cc3)CC2)cc2c1C(=O)N(C1CCC(=O)NC1=O)C2. The molecular weight excluding hydrogens is 715 g/mol. The van der Waals surface area contributed by atoms with Crippen LogP contribution in [-0.2, 0) is 22.3 Å². The van der Waals surface area contributed by atoms with Gasteiger partial charge in [0, 0.05) is 57.9 Å². The van der Waals surface area contributed by atoms with Gasteiger partial charge in [0.1, 0.15) is 23.2 Å². The first-order chi connectivity index (χ1) is 26.5. The minimum Gasteiger partial charge on any atom is -0.494 e. The molecule has 3 aromatic rings. The van der Waals surface area contributed by atoms with Gasteiger partial charge in [-0.15, -0.1) is 0 Å². The van der Waals surface area contributed by atoms with E-state index < -0.39 is 23.7 Å². The molecule has 4 aliphatic rings. The highest BCUT2D eigenvalue weighted by Gasteiger charge is 2.42. The first kappa shape index (κ1) is 37.9. The number of halogens is 3. The van der Waals surface area contributed by atoms with Crippen molar-refractivity contribution in [1.29, 1.82) is 5.26 Å². The van der Waals surface area contributed by atoms with Gasteiger partial charge in [0.2, 0.25) is 17.7 Å². The number of benzene rings is 2. The normalized spacial score (nSPS) is 19.7. The van der Waals surface area contributed by atoms with Crippen LogP contribution in [0, 0.1) is 11.3 Å². The van der Waals surface area contributed by atoms with Crippen LogP contribution in [-0.4, -0.2) is 98.1 Å². The molecule has 3 saturated heterocycles. The van der Waals surface area contributed by atoms with E-state index in [0.29, 0.717) is 43.3 Å². The lowest BCUT2D eigenvalue weighted by Gasteiger charge is -2.35. The Kier molecular flexibility index (Phi) is 11.1. The summed E-state index contributed by atoms with van der Waals surface area (Å²) in [4.78, 5) is 50.2. The molecule has 7 rings (SSSR count). The van der Waals surface area contributed by atoms with Gasteiger partial charge in [-0.25, -0.2) is 0 Å². The first-order valence-electron chi connectivity index (χ1n) is 18.8. The lowest BCUT2D eigenvalue weighted by molar-refractivity contribution is -0.138. The largest absolute Gasteiger partial charge is 0.494 e. The van der Waals surface area contributed by atoms with Gasteiger partial charge in [0.25, 0.3) is 5.91 Å². The van der Waals surface area contributed by atoms with E-state index in [1.54, 1.807) is 12.1 Å². The zero-order chi connectivity index (χ0) is 38.7. The highest BCUT2D eigenvalue weighted by atomic mass is 19.4. The van der Waals surface area contributed by atoms with Gasteiger partial charge in [-0.05, 0) is 92.1 Å². The first-order valence-corrected chi connectivity index (χ1v) is 18.8. The quantitative estimate of drug-likeness (QED) is 0.208. The number of pyridine rings is 1. The minimum absolute atomic E-state index is 0.194. The summed E-state index contributed by atoms with van der Waals surface area (Å²) >= 11 is 0. The number of carbonyl (C=O) groups is 3. The number of fused-ring (bicyclic) bond motifs is 1. The number of carbonyl (C=O) groups excluding carboxylic acids is 3. The van der Waals surface area contributed by atoms with Crippen molar-refractivity contribution in [1.82, 2.24) is 20.1 Å². The maximum absolute atomic E-state index is 13.5. The van der Waals surface area contributed by atoms with Crippen molar-refractivity contribution in [2.45, 2.75) is 63.2 Å². The fraction of sp³-hybridized carbons (Fsp3) is 0.475. The number of nitriles is 1. The van der Waals surface area contributed by atoms with Gasteiger partial charge < -0.3 is 24.2 Å². The molecule has 5 heterocycles. The van der Waals surface area contributed by atoms with Crippen molar-refractivity contribution in [2.75, 3.05) is 69.3 Å². The Morgan fingerprint density at radius 2 is 1.67 bits per heavy atom. The molecular formula is C40H44F3N7O5. The molecule has 0 bridgehead atoms. The van der Waals surface area contributed by atoms with Crippen molar-refractivity contribution >= 4 is 29.2 Å². The summed E-state index contributed by atoms with van der Waals surface area (Å²) in [5.74, 6) is 1.03. The molecule has 55 heavy (non-hydrogen) atoms. The average Bonchev–Trinajstić information content (AvgIpc) is 3.52. The van der Waals surface area contributed by atoms with Crippen LogP contribution in [0.2, 0.25) is 0 Å². The summed E-state index contributed by atoms with van der Waals surface area (Å²) in [5, 5.41) is 11.4. The van der Waals surface area contributed by atoms with Crippen LogP contribution in [0.4, 0.5) is 24.7 Å². The maximum Gasteiger partial charge on any atom is 0.417 e. The number of unbranched alkanes of at least 4 members (excludes halogenated alkanes) is 1. The number of hydrogen-bond acceptors (Lipinski definition) is 10. The van der Waals surface area contributed by atoms with E-state index >= 15 is 0 Å². The molecule has 3 fully saturated rings. The monoisotopic (exact) mass is 759 g/mol. The van der Waals surface area contributed by atoms with Gasteiger partial charge in [-0.1, -0.05) is 12.1 Å². The summed E-state index contributed by atoms with van der Waals surface area (Å²) in [7, 11) is 1.49. The number of ether oxygens (including phenoxy) is 2. The van der Waals surface area contributed by atoms with E-state index in [0.717, 1.165) is 81.6 Å². The fourth-order valence-corrected chi connectivity index (χ4v) is 8.05. The van der Waals surface area contributed by atoms with Gasteiger partial charge in [-0.3, -0.25) is 24.6 Å². The Balaban J connectivity index is 0.821. The maximum atomic E-state index is 13.5. The van der Waals surface area contributed by atoms with Crippen LogP contribution in [0.15, 0.2) is 48.5 Å². The molecule has 1 unspecified atom stereocenters. The third-order valence-electron chi connectivity index (χ3n) is 11.1. The van der Waals surface area contributed by atoms with Gasteiger partial charge in [0.05, 0.1) is 30.9 Å². The van der Waals surface area contributed by atoms with E-state index in [9.17, 15) is 27.6 Å². The van der Waals surface area contributed by atoms with Crippen LogP contribution < -0.4 is 24.6 Å². The van der Waals surface area contributed by atoms with E-state index in [2.05, 4.69) is 32.2 Å². The van der Waals surface area contributed by atoms with Gasteiger partial charge in [-0.2, -0.15) is 23.4 Å². The van der Waals surface area contributed by atoms with Crippen molar-refractivity contribution in [3.05, 3.63) is 76.3 Å². The van der Waals surface area contributed by atoms with Crippen molar-refractivity contribution < 1.29 is 37.0 Å². The number of nitrogens with zero attached hydrogens (tertiary/aromatic N) is 6. The molecule has 4 aliphatic heterocycles. The number of piperazine rings is 1. The minimum atomic E-state index is -4.57. The predicted molar refractivity (Wildman–Crippen MR) is 197 cm³/mol. The van der Waals surface area contributed by atoms with Gasteiger partial charge in [0.15, 0.2) is 0 Å². The van der Waals surface area contributed by atoms with E-state index in [1.807, 2.05) is 23.1 Å². The second-order valence-electron chi connectivity index (χ2n) is 14.5. The zero-order valence-corrected chi connectivity index (χ0v) is 30.7. The number of nitrogens with one attached hydrogen (secondary N) is 1. The molecule has 0 radical (unpaired) electrons. The molecule has 12 nitrogen and oxygen atoms in total. The summed E-state index contributed by atoms with van der Waals surface area (Å²) in [6, 6.07) is 14.9. The molecule has 1 aromatic heterocycles. The number of methoxy groups -OCH3 is 1. The summed E-state index contributed by atoms with van der Waals surface area (Å²) in [5.41, 5.74) is 1.58. The summed E-state index contributed by atoms with van der Waals surface area (Å²) in [6.07, 6.45) is -0.543. The number of anilines is 2. The number of piperidine rings is 2. The number of amides is 3. The number of alkyl halides is 3. The lowest BCUT2D eigenvalue weighted by atomic mass is 9.89. The number of aromatic nitrogens is 1. The third-order valence-corrected chi connectivity index (χ3v) is 11.1. The van der Waals surface area contributed by atoms with Crippen LogP contribution >= 0.6 is 0 Å². The topological polar surface area (TPSA) is 131 Å². The highest BCUT2D eigenvalue weighted by molar-refractivity contribution is 6.06. The number of hydrogen-bond donors (Lipinski definition) is 1. The van der Waals surface area contributed by atoms with E-state index in [4.69, 9.17) is 14.7 Å². The standard InChI is InChI=1S/C40H44F3N7O5/c1-54-38-36-29(25-50(39(36)53)33-10-11-35(51)46-37(33)52)22-34(45-38)49-19-17-47(18-20-49)14-2-3-21-55-31-8-5-26(6-9-31)27-12-15-48(16-13-27)30-7-4-28(24-44)32(23-30)40(41,42)43/h4-9,22-23,27,33H,2-3,10-21,25H2,1H3,(H,46,51,52). The summed E-state index contributed by atoms with van der Waals surface area (Å²) < 4.78 is 51.9. The molecule has 0 saturated carbocycles. The van der Waals surface area contributed by atoms with Crippen LogP contribution in [0.1, 0.15) is 77.1 Å². The molecule has 0 aliphatic carbocycles. The molecule has 0 spiro atoms. The Labute approximate surface area is 317 Å². The van der Waals surface area contributed by atoms with Crippen molar-refractivity contribution in [3.63, 3.8) is 0 Å². The molecule has 1 N–H and O–H groups in total. The molecule has 2 aromatic carbocycles. The Bertz CT molecular complexity index is 1950. The predicted octanol–water partition coefficient (Wildman–Crippen LogP) is 5.11. The number of rotatable bonds is 11. The smallest absolute Gasteiger partial charge is 0.417 e. The Morgan fingerprint density at radius 3 is 2.35 bits per heavy atom. The lowest BCUT2D eigenvalue weighted by Crippen LogP contribution is -2.52. The third kappa shape index (κ3) is 8.34. The Morgan fingerprint density at radius 1 is 0.927 bits per heavy atom. The Hall–Kier alpha value is -5.36. The second-order valence-corrected chi connectivity index (χ2v) is 14.5. The van der Waals surface area contributed by atoms with Gasteiger partial charge >= 0.3 is 6.18 Å². The van der Waals surface area contributed by atoms with Crippen molar-refractivity contribution in [3.8, 4) is 17.7 Å². The number of imide groups is 1. The molecule has 1 atom stereocenters. The molecule has 15 heteroatoms. The second kappa shape index (κ2) is 16.2. The van der Waals surface area contributed by atoms with Crippen LogP contribution in [0.3, 0.4) is 0 Å². The van der Waals surface area contributed by atoms with E-state index in [1.165, 1.54) is 23.6 Å². The highest BCUT2D eigenvalue weighted by Crippen LogP contribution is 2.38. The average molecular weight is 760 g/mol. The van der Waals surface area contributed by atoms with Crippen molar-refractivity contribution in [2.24, 2.45) is 0 Å². The molecule has 290 valence electrons. The fourth-order valence-electron chi connectivity index (χ4n) is 8.05. The van der Waals surface area contributed by atoms with E-state index in [-0.39, 0.29) is 36.2 Å². The van der Waals surface area contributed by atoms with Crippen LogP contribution in [0.25, 0.3) is 0 Å².